The van der Waals surface area contributed by atoms with Crippen LogP contribution in [-0.4, -0.2) is 49.4 Å². The third kappa shape index (κ3) is 6.22. The van der Waals surface area contributed by atoms with Gasteiger partial charge in [0.25, 0.3) is 0 Å². The average molecular weight is 321 g/mol. The fraction of sp³-hybridized carbons (Fsp3) is 0.133. The molecule has 1 unspecified atom stereocenters. The molecule has 0 heterocycles. The van der Waals surface area contributed by atoms with Crippen LogP contribution in [0.2, 0.25) is 0 Å². The molecule has 4 N–H and O–H groups in total. The summed E-state index contributed by atoms with van der Waals surface area (Å²) in [6, 6.07) is 4.61. The Kier molecular flexibility index (Phi) is 6.81. The number of phenolic OH excluding ortho intramolecular Hbond substituents is 1. The maximum Gasteiger partial charge on any atom is 0.326 e. The Morgan fingerprint density at radius 1 is 1.00 bits per heavy atom. The van der Waals surface area contributed by atoms with Crippen LogP contribution in [0.1, 0.15) is 5.56 Å². The number of carbonyl (C=O) groups is 3. The normalized spacial score (nSPS) is 14.4. The number of allylic oxidation sites excluding steroid dienone is 4. The number of phenols is 1. The second-order valence-corrected chi connectivity index (χ2v) is 4.48. The van der Waals surface area contributed by atoms with Crippen LogP contribution in [-0.2, 0) is 20.8 Å². The zero-order chi connectivity index (χ0) is 17.4. The summed E-state index contributed by atoms with van der Waals surface area (Å²) in [6.07, 6.45) is 4.81. The van der Waals surface area contributed by atoms with Gasteiger partial charge in [-0.05, 0) is 35.9 Å². The van der Waals surface area contributed by atoms with E-state index in [-0.39, 0.29) is 29.0 Å². The minimum atomic E-state index is -1.50. The standard InChI is InChI=1S/C9H11NO5.C6H4O2/c11-8-4-2-1-3-6(8)5-7(9(12)13)10(14)15;7-5-1-2-6(8)4-3-5/h1-4,7,11,14-15H,5H2,(H,12,13);1-4H. The first-order valence-corrected chi connectivity index (χ1v) is 6.42. The van der Waals surface area contributed by atoms with Crippen molar-refractivity contribution in [1.82, 2.24) is 5.23 Å². The molecule has 1 atom stereocenters. The molecule has 8 nitrogen and oxygen atoms in total. The monoisotopic (exact) mass is 321 g/mol. The number of hydroxylamine groups is 2. The zero-order valence-corrected chi connectivity index (χ0v) is 11.9. The third-order valence-corrected chi connectivity index (χ3v) is 2.79. The van der Waals surface area contributed by atoms with Gasteiger partial charge in [0, 0.05) is 6.42 Å². The Labute approximate surface area is 131 Å². The molecule has 1 aromatic carbocycles. The maximum atomic E-state index is 10.6. The predicted octanol–water partition coefficient (Wildman–Crippen LogP) is 0.719. The maximum absolute atomic E-state index is 10.6. The van der Waals surface area contributed by atoms with E-state index < -0.39 is 12.0 Å². The van der Waals surface area contributed by atoms with Gasteiger partial charge in [-0.25, -0.2) is 0 Å². The van der Waals surface area contributed by atoms with E-state index in [2.05, 4.69) is 0 Å². The van der Waals surface area contributed by atoms with Crippen LogP contribution < -0.4 is 0 Å². The second-order valence-electron chi connectivity index (χ2n) is 4.48. The molecular weight excluding hydrogens is 306 g/mol. The summed E-state index contributed by atoms with van der Waals surface area (Å²) in [7, 11) is 0. The van der Waals surface area contributed by atoms with Gasteiger partial charge in [0.2, 0.25) is 0 Å². The van der Waals surface area contributed by atoms with E-state index >= 15 is 0 Å². The van der Waals surface area contributed by atoms with Gasteiger partial charge in [0.15, 0.2) is 17.6 Å². The molecule has 0 saturated carbocycles. The second kappa shape index (κ2) is 8.59. The van der Waals surface area contributed by atoms with Gasteiger partial charge in [0.1, 0.15) is 5.75 Å². The molecule has 0 saturated heterocycles. The van der Waals surface area contributed by atoms with Gasteiger partial charge < -0.3 is 10.2 Å². The molecule has 122 valence electrons. The van der Waals surface area contributed by atoms with E-state index in [1.165, 1.54) is 36.4 Å². The fourth-order valence-electron chi connectivity index (χ4n) is 1.60. The molecule has 23 heavy (non-hydrogen) atoms. The van der Waals surface area contributed by atoms with Crippen LogP contribution in [0.25, 0.3) is 0 Å². The van der Waals surface area contributed by atoms with E-state index in [1.54, 1.807) is 12.1 Å². The SMILES string of the molecule is O=C(O)C(Cc1ccccc1O)N(O)O.O=C1C=CC(=O)C=C1. The van der Waals surface area contributed by atoms with E-state index in [4.69, 9.17) is 15.5 Å². The van der Waals surface area contributed by atoms with Crippen LogP contribution >= 0.6 is 0 Å². The Balaban J connectivity index is 0.000000277. The van der Waals surface area contributed by atoms with Gasteiger partial charge in [-0.3, -0.25) is 24.8 Å². The zero-order valence-electron chi connectivity index (χ0n) is 11.9. The molecule has 0 spiro atoms. The van der Waals surface area contributed by atoms with Crippen molar-refractivity contribution in [2.45, 2.75) is 12.5 Å². The number of carboxylic acid groups (broad SMARTS) is 1. The first kappa shape index (κ1) is 18.2. The van der Waals surface area contributed by atoms with Gasteiger partial charge in [-0.2, -0.15) is 0 Å². The summed E-state index contributed by atoms with van der Waals surface area (Å²) in [5.41, 5.74) is 0.331. The van der Waals surface area contributed by atoms with Crippen molar-refractivity contribution < 1.29 is 35.0 Å². The lowest BCUT2D eigenvalue weighted by Gasteiger charge is -2.16. The number of rotatable bonds is 4. The van der Waals surface area contributed by atoms with Crippen LogP contribution in [0.5, 0.6) is 5.75 Å². The van der Waals surface area contributed by atoms with Crippen molar-refractivity contribution >= 4 is 17.5 Å². The van der Waals surface area contributed by atoms with Crippen molar-refractivity contribution in [2.75, 3.05) is 0 Å². The number of para-hydroxylation sites is 1. The highest BCUT2D eigenvalue weighted by molar-refractivity contribution is 6.14. The first-order chi connectivity index (χ1) is 10.8. The van der Waals surface area contributed by atoms with Crippen LogP contribution in [0, 0.1) is 0 Å². The molecule has 1 aliphatic carbocycles. The van der Waals surface area contributed by atoms with Crippen LogP contribution in [0.4, 0.5) is 0 Å². The van der Waals surface area contributed by atoms with E-state index in [0.29, 0.717) is 5.56 Å². The molecular formula is C15H15NO7. The van der Waals surface area contributed by atoms with Gasteiger partial charge >= 0.3 is 5.97 Å². The van der Waals surface area contributed by atoms with Crippen molar-refractivity contribution in [3.05, 3.63) is 54.1 Å². The van der Waals surface area contributed by atoms with Crippen LogP contribution in [0.3, 0.4) is 0 Å². The predicted molar refractivity (Wildman–Crippen MR) is 76.9 cm³/mol. The molecule has 1 aromatic rings. The lowest BCUT2D eigenvalue weighted by molar-refractivity contribution is -0.327. The lowest BCUT2D eigenvalue weighted by Crippen LogP contribution is -2.38. The number of aromatic hydroxyl groups is 1. The summed E-state index contributed by atoms with van der Waals surface area (Å²) in [6.45, 7) is 0. The number of benzene rings is 1. The molecule has 0 amide bonds. The molecule has 8 heteroatoms. The molecule has 1 aliphatic rings. The molecule has 0 aliphatic heterocycles. The number of hydrogen-bond acceptors (Lipinski definition) is 7. The molecule has 0 bridgehead atoms. The van der Waals surface area contributed by atoms with Gasteiger partial charge in [-0.1, -0.05) is 23.4 Å². The summed E-state index contributed by atoms with van der Waals surface area (Å²) in [4.78, 5) is 31.2. The van der Waals surface area contributed by atoms with Crippen LogP contribution in [0.15, 0.2) is 48.6 Å². The Morgan fingerprint density at radius 3 is 1.87 bits per heavy atom. The van der Waals surface area contributed by atoms with Crippen molar-refractivity contribution in [1.29, 1.82) is 0 Å². The Bertz CT molecular complexity index is 611. The highest BCUT2D eigenvalue weighted by atomic mass is 16.8. The van der Waals surface area contributed by atoms with Gasteiger partial charge in [0.05, 0.1) is 0 Å². The Hall–Kier alpha value is -2.81. The highest BCUT2D eigenvalue weighted by Gasteiger charge is 2.24. The highest BCUT2D eigenvalue weighted by Crippen LogP contribution is 2.18. The van der Waals surface area contributed by atoms with Crippen molar-refractivity contribution in [3.8, 4) is 5.75 Å². The molecule has 0 radical (unpaired) electrons. The largest absolute Gasteiger partial charge is 0.508 e. The molecule has 0 aromatic heterocycles. The first-order valence-electron chi connectivity index (χ1n) is 6.42. The smallest absolute Gasteiger partial charge is 0.326 e. The fourth-order valence-corrected chi connectivity index (χ4v) is 1.60. The number of carboxylic acids is 1. The summed E-state index contributed by atoms with van der Waals surface area (Å²) in [5.74, 6) is -1.71. The third-order valence-electron chi connectivity index (χ3n) is 2.79. The number of ketones is 2. The van der Waals surface area contributed by atoms with E-state index in [1.807, 2.05) is 0 Å². The van der Waals surface area contributed by atoms with Crippen molar-refractivity contribution in [2.24, 2.45) is 0 Å². The minimum Gasteiger partial charge on any atom is -0.508 e. The van der Waals surface area contributed by atoms with E-state index in [9.17, 15) is 19.5 Å². The average Bonchev–Trinajstić information content (AvgIpc) is 2.49. The summed E-state index contributed by atoms with van der Waals surface area (Å²) in [5, 5.41) is 34.9. The number of carbonyl (C=O) groups excluding carboxylic acids is 2. The summed E-state index contributed by atoms with van der Waals surface area (Å²) < 4.78 is 0. The lowest BCUT2D eigenvalue weighted by atomic mass is 10.1. The summed E-state index contributed by atoms with van der Waals surface area (Å²) >= 11 is 0. The quantitative estimate of drug-likeness (QED) is 0.470. The van der Waals surface area contributed by atoms with Gasteiger partial charge in [-0.15, -0.1) is 0 Å². The topological polar surface area (TPSA) is 135 Å². The minimum absolute atomic E-state index is 0.0781. The molecule has 0 fully saturated rings. The van der Waals surface area contributed by atoms with Crippen molar-refractivity contribution in [3.63, 3.8) is 0 Å². The Morgan fingerprint density at radius 2 is 1.48 bits per heavy atom. The van der Waals surface area contributed by atoms with E-state index in [0.717, 1.165) is 0 Å². The number of hydrogen-bond donors (Lipinski definition) is 4. The molecule has 2 rings (SSSR count). The number of aliphatic carboxylic acids is 1. The number of nitrogens with zero attached hydrogens (tertiary/aromatic N) is 1.